The molecule has 0 spiro atoms. The van der Waals surface area contributed by atoms with E-state index >= 15 is 0 Å². The van der Waals surface area contributed by atoms with Crippen LogP contribution in [0.1, 0.15) is 12.5 Å². The molecule has 0 bridgehead atoms. The van der Waals surface area contributed by atoms with Crippen molar-refractivity contribution < 1.29 is 4.42 Å². The van der Waals surface area contributed by atoms with Gasteiger partial charge in [-0.1, -0.05) is 18.5 Å². The summed E-state index contributed by atoms with van der Waals surface area (Å²) < 4.78 is 5.75. The number of aromatic nitrogens is 1. The van der Waals surface area contributed by atoms with Crippen LogP contribution in [0.15, 0.2) is 40.8 Å². The van der Waals surface area contributed by atoms with Gasteiger partial charge in [0.25, 0.3) is 0 Å². The van der Waals surface area contributed by atoms with Crippen molar-refractivity contribution >= 4 is 28.4 Å². The van der Waals surface area contributed by atoms with Crippen molar-refractivity contribution in [1.29, 1.82) is 0 Å². The van der Waals surface area contributed by atoms with Crippen LogP contribution in [-0.4, -0.2) is 4.98 Å². The number of nitrogens with zero attached hydrogens (tertiary/aromatic N) is 1. The molecular formula is C15H13ClN2O. The van der Waals surface area contributed by atoms with Crippen LogP contribution in [0.3, 0.4) is 0 Å². The molecule has 0 fully saturated rings. The van der Waals surface area contributed by atoms with Crippen molar-refractivity contribution in [3.8, 4) is 11.5 Å². The van der Waals surface area contributed by atoms with Crippen LogP contribution < -0.4 is 5.73 Å². The second-order valence-corrected chi connectivity index (χ2v) is 4.85. The van der Waals surface area contributed by atoms with E-state index in [1.54, 1.807) is 0 Å². The van der Waals surface area contributed by atoms with Gasteiger partial charge in [0.15, 0.2) is 5.58 Å². The Hall–Kier alpha value is -2.00. The van der Waals surface area contributed by atoms with Crippen LogP contribution >= 0.6 is 11.6 Å². The van der Waals surface area contributed by atoms with Crippen LogP contribution in [0.2, 0.25) is 5.02 Å². The van der Waals surface area contributed by atoms with Crippen molar-refractivity contribution in [3.63, 3.8) is 0 Å². The van der Waals surface area contributed by atoms with Gasteiger partial charge in [0, 0.05) is 10.6 Å². The molecule has 0 atom stereocenters. The van der Waals surface area contributed by atoms with Crippen LogP contribution in [0.25, 0.3) is 22.6 Å². The maximum absolute atomic E-state index is 5.99. The van der Waals surface area contributed by atoms with Crippen LogP contribution in [0.5, 0.6) is 0 Å². The Morgan fingerprint density at radius 3 is 2.63 bits per heavy atom. The van der Waals surface area contributed by atoms with Crippen LogP contribution in [0.4, 0.5) is 5.69 Å². The molecule has 0 saturated heterocycles. The maximum Gasteiger partial charge on any atom is 0.227 e. The van der Waals surface area contributed by atoms with E-state index in [0.717, 1.165) is 23.1 Å². The number of rotatable bonds is 2. The normalized spacial score (nSPS) is 11.1. The smallest absolute Gasteiger partial charge is 0.227 e. The number of hydrogen-bond acceptors (Lipinski definition) is 3. The number of oxazole rings is 1. The third-order valence-electron chi connectivity index (χ3n) is 3.08. The first-order chi connectivity index (χ1) is 9.17. The number of benzene rings is 2. The summed E-state index contributed by atoms with van der Waals surface area (Å²) in [6.07, 6.45) is 0.920. The zero-order chi connectivity index (χ0) is 13.4. The van der Waals surface area contributed by atoms with E-state index in [4.69, 9.17) is 21.8 Å². The molecule has 0 aliphatic carbocycles. The van der Waals surface area contributed by atoms with E-state index < -0.39 is 0 Å². The highest BCUT2D eigenvalue weighted by molar-refractivity contribution is 6.30. The lowest BCUT2D eigenvalue weighted by Gasteiger charge is -1.98. The standard InChI is InChI=1S/C15H13ClN2O/c1-2-9-7-12(17)14-13(8-9)18-15(19-14)10-3-5-11(16)6-4-10/h3-8H,2,17H2,1H3. The minimum atomic E-state index is 0.562. The average Bonchev–Trinajstić information content (AvgIpc) is 2.84. The summed E-state index contributed by atoms with van der Waals surface area (Å²) in [5.74, 6) is 0.562. The third-order valence-corrected chi connectivity index (χ3v) is 3.33. The summed E-state index contributed by atoms with van der Waals surface area (Å²) in [5, 5.41) is 0.688. The van der Waals surface area contributed by atoms with E-state index in [9.17, 15) is 0 Å². The number of aryl methyl sites for hydroxylation is 1. The highest BCUT2D eigenvalue weighted by atomic mass is 35.5. The molecule has 0 aliphatic heterocycles. The van der Waals surface area contributed by atoms with Gasteiger partial charge in [-0.25, -0.2) is 4.98 Å². The van der Waals surface area contributed by atoms with Gasteiger partial charge in [-0.05, 0) is 48.4 Å². The molecule has 2 aromatic carbocycles. The molecule has 1 aromatic heterocycles. The molecule has 1 heterocycles. The highest BCUT2D eigenvalue weighted by Gasteiger charge is 2.11. The van der Waals surface area contributed by atoms with Crippen LogP contribution in [0, 0.1) is 0 Å². The van der Waals surface area contributed by atoms with Gasteiger partial charge in [0.1, 0.15) is 5.52 Å². The largest absolute Gasteiger partial charge is 0.434 e. The number of halogens is 1. The summed E-state index contributed by atoms with van der Waals surface area (Å²) in [6.45, 7) is 2.08. The predicted octanol–water partition coefficient (Wildman–Crippen LogP) is 4.29. The van der Waals surface area contributed by atoms with E-state index in [0.29, 0.717) is 22.2 Å². The lowest BCUT2D eigenvalue weighted by atomic mass is 10.1. The molecule has 3 aromatic rings. The first-order valence-corrected chi connectivity index (χ1v) is 6.50. The molecule has 0 unspecified atom stereocenters. The Morgan fingerprint density at radius 1 is 1.21 bits per heavy atom. The Balaban J connectivity index is 2.16. The lowest BCUT2D eigenvalue weighted by molar-refractivity contribution is 0.621. The van der Waals surface area contributed by atoms with E-state index in [2.05, 4.69) is 11.9 Å². The maximum atomic E-state index is 5.99. The molecule has 0 aliphatic rings. The number of hydrogen-bond donors (Lipinski definition) is 1. The Labute approximate surface area is 116 Å². The van der Waals surface area contributed by atoms with Crippen molar-refractivity contribution in [2.24, 2.45) is 0 Å². The number of nitrogens with two attached hydrogens (primary N) is 1. The van der Waals surface area contributed by atoms with Crippen LogP contribution in [-0.2, 0) is 6.42 Å². The van der Waals surface area contributed by atoms with E-state index in [-0.39, 0.29) is 0 Å². The van der Waals surface area contributed by atoms with Gasteiger partial charge in [-0.2, -0.15) is 0 Å². The molecule has 96 valence electrons. The first-order valence-electron chi connectivity index (χ1n) is 6.12. The molecular weight excluding hydrogens is 260 g/mol. The van der Waals surface area contributed by atoms with Crippen molar-refractivity contribution in [2.45, 2.75) is 13.3 Å². The molecule has 0 saturated carbocycles. The molecule has 0 radical (unpaired) electrons. The van der Waals surface area contributed by atoms with Gasteiger partial charge >= 0.3 is 0 Å². The predicted molar refractivity (Wildman–Crippen MR) is 78.2 cm³/mol. The molecule has 19 heavy (non-hydrogen) atoms. The van der Waals surface area contributed by atoms with Gasteiger partial charge in [0.2, 0.25) is 5.89 Å². The Kier molecular flexibility index (Phi) is 2.91. The highest BCUT2D eigenvalue weighted by Crippen LogP contribution is 2.29. The number of nitrogen functional groups attached to an aromatic ring is 1. The van der Waals surface area contributed by atoms with Gasteiger partial charge < -0.3 is 10.2 Å². The fourth-order valence-electron chi connectivity index (χ4n) is 2.04. The minimum absolute atomic E-state index is 0.562. The van der Waals surface area contributed by atoms with E-state index in [1.165, 1.54) is 0 Å². The first kappa shape index (κ1) is 12.1. The van der Waals surface area contributed by atoms with Gasteiger partial charge in [0.05, 0.1) is 5.69 Å². The van der Waals surface area contributed by atoms with Gasteiger partial charge in [-0.15, -0.1) is 0 Å². The fourth-order valence-corrected chi connectivity index (χ4v) is 2.17. The summed E-state index contributed by atoms with van der Waals surface area (Å²) >= 11 is 5.87. The SMILES string of the molecule is CCc1cc(N)c2oc(-c3ccc(Cl)cc3)nc2c1. The Morgan fingerprint density at radius 2 is 1.95 bits per heavy atom. The van der Waals surface area contributed by atoms with Crippen molar-refractivity contribution in [3.05, 3.63) is 47.0 Å². The molecule has 0 amide bonds. The zero-order valence-corrected chi connectivity index (χ0v) is 11.2. The van der Waals surface area contributed by atoms with Crippen molar-refractivity contribution in [1.82, 2.24) is 4.98 Å². The summed E-state index contributed by atoms with van der Waals surface area (Å²) in [7, 11) is 0. The molecule has 3 nitrogen and oxygen atoms in total. The topological polar surface area (TPSA) is 52.0 Å². The number of anilines is 1. The molecule has 3 rings (SSSR count). The van der Waals surface area contributed by atoms with Gasteiger partial charge in [-0.3, -0.25) is 0 Å². The zero-order valence-electron chi connectivity index (χ0n) is 10.5. The summed E-state index contributed by atoms with van der Waals surface area (Å²) in [4.78, 5) is 4.49. The lowest BCUT2D eigenvalue weighted by Crippen LogP contribution is -1.88. The summed E-state index contributed by atoms with van der Waals surface area (Å²) in [5.41, 5.74) is 10.1. The quantitative estimate of drug-likeness (QED) is 0.708. The fraction of sp³-hybridized carbons (Fsp3) is 0.133. The molecule has 2 N–H and O–H groups in total. The average molecular weight is 273 g/mol. The molecule has 4 heteroatoms. The van der Waals surface area contributed by atoms with Crippen molar-refractivity contribution in [2.75, 3.05) is 5.73 Å². The summed E-state index contributed by atoms with van der Waals surface area (Å²) in [6, 6.07) is 11.3. The number of fused-ring (bicyclic) bond motifs is 1. The minimum Gasteiger partial charge on any atom is -0.434 e. The second kappa shape index (κ2) is 4.59. The second-order valence-electron chi connectivity index (χ2n) is 4.41. The third kappa shape index (κ3) is 2.17. The Bertz CT molecular complexity index is 732. The monoisotopic (exact) mass is 272 g/mol. The van der Waals surface area contributed by atoms with E-state index in [1.807, 2.05) is 36.4 Å².